The van der Waals surface area contributed by atoms with Gasteiger partial charge in [-0.3, -0.25) is 9.48 Å². The van der Waals surface area contributed by atoms with Gasteiger partial charge in [-0.2, -0.15) is 5.10 Å². The van der Waals surface area contributed by atoms with Gasteiger partial charge in [0, 0.05) is 39.0 Å². The molecule has 5 heteroatoms. The van der Waals surface area contributed by atoms with Crippen molar-refractivity contribution in [2.45, 2.75) is 20.0 Å². The summed E-state index contributed by atoms with van der Waals surface area (Å²) in [6.07, 6.45) is 3.72. The maximum atomic E-state index is 11.4. The third-order valence-electron chi connectivity index (χ3n) is 2.12. The Morgan fingerprint density at radius 1 is 1.67 bits per heavy atom. The van der Waals surface area contributed by atoms with Gasteiger partial charge in [0.15, 0.2) is 0 Å². The van der Waals surface area contributed by atoms with Crippen LogP contribution in [-0.2, 0) is 22.6 Å². The van der Waals surface area contributed by atoms with Crippen LogP contribution in [0.25, 0.3) is 0 Å². The van der Waals surface area contributed by atoms with Crippen LogP contribution < -0.4 is 0 Å². The van der Waals surface area contributed by atoms with Gasteiger partial charge >= 0.3 is 0 Å². The SMILES string of the molecule is CCn1cc(CN(C)C(=O)COC)cn1. The van der Waals surface area contributed by atoms with Crippen LogP contribution in [0.2, 0.25) is 0 Å². The number of aryl methyl sites for hydroxylation is 1. The summed E-state index contributed by atoms with van der Waals surface area (Å²) in [5, 5.41) is 4.14. The van der Waals surface area contributed by atoms with Gasteiger partial charge in [-0.1, -0.05) is 0 Å². The fourth-order valence-corrected chi connectivity index (χ4v) is 1.26. The van der Waals surface area contributed by atoms with Gasteiger partial charge < -0.3 is 9.64 Å². The topological polar surface area (TPSA) is 47.4 Å². The van der Waals surface area contributed by atoms with E-state index in [0.717, 1.165) is 12.1 Å². The molecule has 0 N–H and O–H groups in total. The molecule has 1 heterocycles. The van der Waals surface area contributed by atoms with E-state index in [9.17, 15) is 4.79 Å². The van der Waals surface area contributed by atoms with E-state index in [2.05, 4.69) is 5.10 Å². The fraction of sp³-hybridized carbons (Fsp3) is 0.600. The molecular formula is C10H17N3O2. The van der Waals surface area contributed by atoms with Crippen molar-refractivity contribution in [3.8, 4) is 0 Å². The second-order valence-corrected chi connectivity index (χ2v) is 3.39. The molecule has 0 bridgehead atoms. The molecule has 0 aliphatic carbocycles. The number of hydrogen-bond donors (Lipinski definition) is 0. The zero-order chi connectivity index (χ0) is 11.3. The molecule has 0 spiro atoms. The molecule has 0 fully saturated rings. The number of hydrogen-bond acceptors (Lipinski definition) is 3. The molecule has 0 aromatic carbocycles. The van der Waals surface area contributed by atoms with Crippen LogP contribution in [0.1, 0.15) is 12.5 Å². The van der Waals surface area contributed by atoms with Crippen LogP contribution in [0, 0.1) is 0 Å². The fourth-order valence-electron chi connectivity index (χ4n) is 1.26. The zero-order valence-corrected chi connectivity index (χ0v) is 9.43. The monoisotopic (exact) mass is 211 g/mol. The van der Waals surface area contributed by atoms with Gasteiger partial charge in [-0.15, -0.1) is 0 Å². The number of carbonyl (C=O) groups is 1. The second kappa shape index (κ2) is 5.50. The van der Waals surface area contributed by atoms with E-state index in [1.165, 1.54) is 7.11 Å². The van der Waals surface area contributed by atoms with Crippen LogP contribution in [-0.4, -0.2) is 41.4 Å². The first-order valence-corrected chi connectivity index (χ1v) is 4.91. The quantitative estimate of drug-likeness (QED) is 0.713. The molecule has 0 radical (unpaired) electrons. The first-order valence-electron chi connectivity index (χ1n) is 4.91. The van der Waals surface area contributed by atoms with E-state index in [0.29, 0.717) is 6.54 Å². The Labute approximate surface area is 89.6 Å². The molecule has 0 saturated carbocycles. The van der Waals surface area contributed by atoms with Crippen molar-refractivity contribution < 1.29 is 9.53 Å². The van der Waals surface area contributed by atoms with Crippen molar-refractivity contribution in [2.24, 2.45) is 0 Å². The van der Waals surface area contributed by atoms with Gasteiger partial charge in [-0.05, 0) is 6.92 Å². The van der Waals surface area contributed by atoms with Crippen LogP contribution in [0.15, 0.2) is 12.4 Å². The molecule has 0 saturated heterocycles. The first-order chi connectivity index (χ1) is 7.17. The standard InChI is InChI=1S/C10H17N3O2/c1-4-13-7-9(5-11-13)6-12(2)10(14)8-15-3/h5,7H,4,6,8H2,1-3H3. The number of nitrogens with zero attached hydrogens (tertiary/aromatic N) is 3. The van der Waals surface area contributed by atoms with E-state index in [1.54, 1.807) is 18.1 Å². The highest BCUT2D eigenvalue weighted by Gasteiger charge is 2.09. The van der Waals surface area contributed by atoms with Gasteiger partial charge in [0.2, 0.25) is 5.91 Å². The molecule has 1 rings (SSSR count). The Hall–Kier alpha value is -1.36. The maximum absolute atomic E-state index is 11.4. The van der Waals surface area contributed by atoms with Crippen LogP contribution in [0.3, 0.4) is 0 Å². The molecule has 0 aliphatic heterocycles. The Bertz CT molecular complexity index is 322. The van der Waals surface area contributed by atoms with Gasteiger partial charge in [0.25, 0.3) is 0 Å². The first kappa shape index (κ1) is 11.7. The van der Waals surface area contributed by atoms with Crippen molar-refractivity contribution in [3.63, 3.8) is 0 Å². The van der Waals surface area contributed by atoms with Crippen LogP contribution >= 0.6 is 0 Å². The largest absolute Gasteiger partial charge is 0.375 e. The minimum absolute atomic E-state index is 0.0262. The van der Waals surface area contributed by atoms with Crippen LogP contribution in [0.4, 0.5) is 0 Å². The molecule has 0 unspecified atom stereocenters. The summed E-state index contributed by atoms with van der Waals surface area (Å²) in [7, 11) is 3.27. The Balaban J connectivity index is 2.50. The molecule has 15 heavy (non-hydrogen) atoms. The maximum Gasteiger partial charge on any atom is 0.248 e. The highest BCUT2D eigenvalue weighted by molar-refractivity contribution is 5.77. The van der Waals surface area contributed by atoms with E-state index in [1.807, 2.05) is 17.8 Å². The predicted molar refractivity (Wildman–Crippen MR) is 56.3 cm³/mol. The smallest absolute Gasteiger partial charge is 0.248 e. The van der Waals surface area contributed by atoms with Crippen molar-refractivity contribution in [2.75, 3.05) is 20.8 Å². The van der Waals surface area contributed by atoms with Gasteiger partial charge in [-0.25, -0.2) is 0 Å². The minimum atomic E-state index is -0.0262. The third-order valence-corrected chi connectivity index (χ3v) is 2.12. The van der Waals surface area contributed by atoms with E-state index >= 15 is 0 Å². The molecule has 0 atom stereocenters. The summed E-state index contributed by atoms with van der Waals surface area (Å²) < 4.78 is 6.61. The number of methoxy groups -OCH3 is 1. The second-order valence-electron chi connectivity index (χ2n) is 3.39. The van der Waals surface area contributed by atoms with E-state index < -0.39 is 0 Å². The van der Waals surface area contributed by atoms with Crippen molar-refractivity contribution in [1.29, 1.82) is 0 Å². The third kappa shape index (κ3) is 3.36. The Kier molecular flexibility index (Phi) is 4.30. The molecule has 1 aromatic rings. The zero-order valence-electron chi connectivity index (χ0n) is 9.43. The lowest BCUT2D eigenvalue weighted by Crippen LogP contribution is -2.29. The van der Waals surface area contributed by atoms with E-state index in [-0.39, 0.29) is 12.5 Å². The van der Waals surface area contributed by atoms with Gasteiger partial charge in [0.05, 0.1) is 6.20 Å². The van der Waals surface area contributed by atoms with Gasteiger partial charge in [0.1, 0.15) is 6.61 Å². The Morgan fingerprint density at radius 3 is 2.93 bits per heavy atom. The Morgan fingerprint density at radius 2 is 2.40 bits per heavy atom. The lowest BCUT2D eigenvalue weighted by atomic mass is 10.3. The molecule has 5 nitrogen and oxygen atoms in total. The number of amides is 1. The molecule has 1 amide bonds. The predicted octanol–water partition coefficient (Wildman–Crippen LogP) is 0.508. The summed E-state index contributed by atoms with van der Waals surface area (Å²) in [5.41, 5.74) is 1.03. The van der Waals surface area contributed by atoms with Crippen molar-refractivity contribution >= 4 is 5.91 Å². The van der Waals surface area contributed by atoms with E-state index in [4.69, 9.17) is 4.74 Å². The number of ether oxygens (including phenoxy) is 1. The molecular weight excluding hydrogens is 194 g/mol. The summed E-state index contributed by atoms with van der Waals surface area (Å²) in [5.74, 6) is -0.0262. The average Bonchev–Trinajstić information content (AvgIpc) is 2.66. The normalized spacial score (nSPS) is 10.3. The molecule has 84 valence electrons. The number of aromatic nitrogens is 2. The lowest BCUT2D eigenvalue weighted by molar-refractivity contribution is -0.134. The number of likely N-dealkylation sites (N-methyl/N-ethyl adjacent to an activating group) is 1. The lowest BCUT2D eigenvalue weighted by Gasteiger charge is -2.15. The number of rotatable bonds is 5. The summed E-state index contributed by atoms with van der Waals surface area (Å²) in [4.78, 5) is 13.0. The summed E-state index contributed by atoms with van der Waals surface area (Å²) in [6.45, 7) is 3.56. The number of carbonyl (C=O) groups excluding carboxylic acids is 1. The average molecular weight is 211 g/mol. The highest BCUT2D eigenvalue weighted by Crippen LogP contribution is 2.02. The summed E-state index contributed by atoms with van der Waals surface area (Å²) in [6, 6.07) is 0. The van der Waals surface area contributed by atoms with Crippen molar-refractivity contribution in [1.82, 2.24) is 14.7 Å². The molecule has 1 aromatic heterocycles. The molecule has 0 aliphatic rings. The summed E-state index contributed by atoms with van der Waals surface area (Å²) >= 11 is 0. The highest BCUT2D eigenvalue weighted by atomic mass is 16.5. The van der Waals surface area contributed by atoms with Crippen molar-refractivity contribution in [3.05, 3.63) is 18.0 Å². The van der Waals surface area contributed by atoms with Crippen LogP contribution in [0.5, 0.6) is 0 Å². The minimum Gasteiger partial charge on any atom is -0.375 e.